The lowest BCUT2D eigenvalue weighted by molar-refractivity contribution is -0.116. The second-order valence-corrected chi connectivity index (χ2v) is 7.04. The highest BCUT2D eigenvalue weighted by Crippen LogP contribution is 2.20. The summed E-state index contributed by atoms with van der Waals surface area (Å²) < 4.78 is 0. The molecule has 5 nitrogen and oxygen atoms in total. The molecular formula is C22H27N3O2. The van der Waals surface area contributed by atoms with E-state index in [1.54, 1.807) is 12.1 Å². The first-order valence-corrected chi connectivity index (χ1v) is 9.66. The molecule has 1 aliphatic heterocycles. The van der Waals surface area contributed by atoms with Crippen molar-refractivity contribution in [3.8, 4) is 0 Å². The van der Waals surface area contributed by atoms with Gasteiger partial charge in [0.15, 0.2) is 0 Å². The van der Waals surface area contributed by atoms with Gasteiger partial charge < -0.3 is 16.0 Å². The van der Waals surface area contributed by atoms with Gasteiger partial charge in [0.25, 0.3) is 5.91 Å². The fourth-order valence-electron chi connectivity index (χ4n) is 3.38. The normalized spacial score (nSPS) is 14.4. The summed E-state index contributed by atoms with van der Waals surface area (Å²) in [5.74, 6) is -0.0886. The number of para-hydroxylation sites is 1. The van der Waals surface area contributed by atoms with E-state index in [0.717, 1.165) is 31.5 Å². The van der Waals surface area contributed by atoms with Gasteiger partial charge in [-0.05, 0) is 49.1 Å². The molecule has 2 aromatic rings. The van der Waals surface area contributed by atoms with Crippen molar-refractivity contribution in [2.75, 3.05) is 24.1 Å². The summed E-state index contributed by atoms with van der Waals surface area (Å²) >= 11 is 0. The van der Waals surface area contributed by atoms with Crippen molar-refractivity contribution >= 4 is 23.2 Å². The predicted octanol–water partition coefficient (Wildman–Crippen LogP) is 3.86. The van der Waals surface area contributed by atoms with Crippen molar-refractivity contribution in [1.82, 2.24) is 4.90 Å². The van der Waals surface area contributed by atoms with Gasteiger partial charge in [0, 0.05) is 25.2 Å². The van der Waals surface area contributed by atoms with Crippen LogP contribution in [0, 0.1) is 0 Å². The Kier molecular flexibility index (Phi) is 6.47. The van der Waals surface area contributed by atoms with Gasteiger partial charge in [-0.3, -0.25) is 9.59 Å². The first kappa shape index (κ1) is 19.0. The van der Waals surface area contributed by atoms with Crippen molar-refractivity contribution in [3.05, 3.63) is 59.7 Å². The van der Waals surface area contributed by atoms with Gasteiger partial charge in [0.05, 0.1) is 11.3 Å². The average molecular weight is 365 g/mol. The molecule has 3 rings (SSSR count). The summed E-state index contributed by atoms with van der Waals surface area (Å²) in [4.78, 5) is 27.2. The predicted molar refractivity (Wildman–Crippen MR) is 109 cm³/mol. The third-order valence-electron chi connectivity index (χ3n) is 4.95. The number of hydrogen-bond acceptors (Lipinski definition) is 3. The van der Waals surface area contributed by atoms with Crippen LogP contribution in [0.5, 0.6) is 0 Å². The van der Waals surface area contributed by atoms with Gasteiger partial charge >= 0.3 is 0 Å². The standard InChI is InChI=1S/C22H27N3O2/c23-18-12-9-17(10-13-18)11-14-21(26)24-20-8-4-3-7-19(20)22(27)25-15-5-1-2-6-16-25/h3-4,7-10,12-13H,1-2,5-6,11,14-16,23H2,(H,24,26). The molecule has 0 spiro atoms. The molecule has 0 aliphatic carbocycles. The highest BCUT2D eigenvalue weighted by Gasteiger charge is 2.20. The molecule has 3 N–H and O–H groups in total. The molecule has 0 saturated carbocycles. The Morgan fingerprint density at radius 3 is 2.30 bits per heavy atom. The maximum atomic E-state index is 12.9. The molecule has 0 atom stereocenters. The number of nitrogens with two attached hydrogens (primary N) is 1. The van der Waals surface area contributed by atoms with Gasteiger partial charge in [-0.25, -0.2) is 0 Å². The minimum absolute atomic E-state index is 0.00587. The van der Waals surface area contributed by atoms with Gasteiger partial charge in [0.2, 0.25) is 5.91 Å². The molecule has 0 unspecified atom stereocenters. The van der Waals surface area contributed by atoms with Gasteiger partial charge in [-0.15, -0.1) is 0 Å². The van der Waals surface area contributed by atoms with Crippen LogP contribution < -0.4 is 11.1 Å². The van der Waals surface area contributed by atoms with E-state index in [-0.39, 0.29) is 11.8 Å². The average Bonchev–Trinajstić information content (AvgIpc) is 2.97. The number of hydrogen-bond donors (Lipinski definition) is 2. The molecule has 1 fully saturated rings. The zero-order chi connectivity index (χ0) is 19.1. The lowest BCUT2D eigenvalue weighted by Gasteiger charge is -2.22. The molecule has 5 heteroatoms. The number of nitrogens with zero attached hydrogens (tertiary/aromatic N) is 1. The topological polar surface area (TPSA) is 75.4 Å². The van der Waals surface area contributed by atoms with Crippen LogP contribution in [0.3, 0.4) is 0 Å². The highest BCUT2D eigenvalue weighted by molar-refractivity contribution is 6.03. The quantitative estimate of drug-likeness (QED) is 0.790. The number of carbonyl (C=O) groups excluding carboxylic acids is 2. The lowest BCUT2D eigenvalue weighted by atomic mass is 10.1. The third kappa shape index (κ3) is 5.33. The molecule has 0 bridgehead atoms. The van der Waals surface area contributed by atoms with Crippen molar-refractivity contribution < 1.29 is 9.59 Å². The summed E-state index contributed by atoms with van der Waals surface area (Å²) in [6, 6.07) is 14.8. The van der Waals surface area contributed by atoms with Gasteiger partial charge in [-0.1, -0.05) is 37.1 Å². The van der Waals surface area contributed by atoms with Crippen LogP contribution in [0.4, 0.5) is 11.4 Å². The van der Waals surface area contributed by atoms with Crippen LogP contribution >= 0.6 is 0 Å². The van der Waals surface area contributed by atoms with Crippen LogP contribution in [0.1, 0.15) is 48.0 Å². The fourth-order valence-corrected chi connectivity index (χ4v) is 3.38. The highest BCUT2D eigenvalue weighted by atomic mass is 16.2. The summed E-state index contributed by atoms with van der Waals surface area (Å²) in [5.41, 5.74) is 8.62. The SMILES string of the molecule is Nc1ccc(CCC(=O)Nc2ccccc2C(=O)N2CCCCCC2)cc1. The molecule has 142 valence electrons. The number of nitrogens with one attached hydrogen (secondary N) is 1. The van der Waals surface area contributed by atoms with E-state index in [4.69, 9.17) is 5.73 Å². The Hall–Kier alpha value is -2.82. The van der Waals surface area contributed by atoms with E-state index < -0.39 is 0 Å². The van der Waals surface area contributed by atoms with E-state index in [9.17, 15) is 9.59 Å². The van der Waals surface area contributed by atoms with E-state index in [1.165, 1.54) is 12.8 Å². The van der Waals surface area contributed by atoms with Crippen LogP contribution in [-0.2, 0) is 11.2 Å². The molecule has 0 radical (unpaired) electrons. The van der Waals surface area contributed by atoms with E-state index in [0.29, 0.717) is 29.8 Å². The number of benzene rings is 2. The zero-order valence-electron chi connectivity index (χ0n) is 15.6. The first-order valence-electron chi connectivity index (χ1n) is 9.66. The van der Waals surface area contributed by atoms with Crippen LogP contribution in [0.15, 0.2) is 48.5 Å². The fraction of sp³-hybridized carbons (Fsp3) is 0.364. The first-order chi connectivity index (χ1) is 13.1. The number of likely N-dealkylation sites (tertiary alicyclic amines) is 1. The molecular weight excluding hydrogens is 338 g/mol. The maximum Gasteiger partial charge on any atom is 0.255 e. The molecule has 1 heterocycles. The molecule has 1 aliphatic rings. The second-order valence-electron chi connectivity index (χ2n) is 7.04. The smallest absolute Gasteiger partial charge is 0.255 e. The molecule has 2 aromatic carbocycles. The summed E-state index contributed by atoms with van der Waals surface area (Å²) in [7, 11) is 0. The maximum absolute atomic E-state index is 12.9. The zero-order valence-corrected chi connectivity index (χ0v) is 15.6. The molecule has 0 aromatic heterocycles. The van der Waals surface area contributed by atoms with Crippen molar-refractivity contribution in [2.24, 2.45) is 0 Å². The number of nitrogen functional groups attached to an aromatic ring is 1. The van der Waals surface area contributed by atoms with Gasteiger partial charge in [0.1, 0.15) is 0 Å². The van der Waals surface area contributed by atoms with E-state index in [2.05, 4.69) is 5.32 Å². The van der Waals surface area contributed by atoms with Crippen LogP contribution in [-0.4, -0.2) is 29.8 Å². The Labute approximate surface area is 160 Å². The number of anilines is 2. The molecule has 2 amide bonds. The van der Waals surface area contributed by atoms with Crippen LogP contribution in [0.25, 0.3) is 0 Å². The van der Waals surface area contributed by atoms with Crippen molar-refractivity contribution in [2.45, 2.75) is 38.5 Å². The minimum atomic E-state index is -0.0945. The van der Waals surface area contributed by atoms with Crippen LogP contribution in [0.2, 0.25) is 0 Å². The summed E-state index contributed by atoms with van der Waals surface area (Å²) in [6.07, 6.45) is 5.43. The Bertz CT molecular complexity index is 778. The molecule has 1 saturated heterocycles. The van der Waals surface area contributed by atoms with Gasteiger partial charge in [-0.2, -0.15) is 0 Å². The van der Waals surface area contributed by atoms with Crippen molar-refractivity contribution in [3.63, 3.8) is 0 Å². The number of rotatable bonds is 5. The molecule has 27 heavy (non-hydrogen) atoms. The lowest BCUT2D eigenvalue weighted by Crippen LogP contribution is -2.32. The monoisotopic (exact) mass is 365 g/mol. The van der Waals surface area contributed by atoms with Crippen molar-refractivity contribution in [1.29, 1.82) is 0 Å². The summed E-state index contributed by atoms with van der Waals surface area (Å²) in [6.45, 7) is 1.58. The number of amides is 2. The summed E-state index contributed by atoms with van der Waals surface area (Å²) in [5, 5.41) is 2.92. The largest absolute Gasteiger partial charge is 0.399 e. The number of carbonyl (C=O) groups is 2. The third-order valence-corrected chi connectivity index (χ3v) is 4.95. The Morgan fingerprint density at radius 1 is 0.926 bits per heavy atom. The number of aryl methyl sites for hydroxylation is 1. The van der Waals surface area contributed by atoms with E-state index >= 15 is 0 Å². The second kappa shape index (κ2) is 9.21. The van der Waals surface area contributed by atoms with E-state index in [1.807, 2.05) is 41.3 Å². The Morgan fingerprint density at radius 2 is 1.59 bits per heavy atom. The minimum Gasteiger partial charge on any atom is -0.399 e. The Balaban J connectivity index is 1.63.